The van der Waals surface area contributed by atoms with E-state index in [1.807, 2.05) is 41.8 Å². The number of hydrogen-bond donors (Lipinski definition) is 1. The van der Waals surface area contributed by atoms with E-state index in [-0.39, 0.29) is 12.7 Å². The topological polar surface area (TPSA) is 91.2 Å². The second-order valence-electron chi connectivity index (χ2n) is 7.43. The van der Waals surface area contributed by atoms with Crippen molar-refractivity contribution in [2.24, 2.45) is 0 Å². The number of hydrogen-bond acceptors (Lipinski definition) is 7. The zero-order chi connectivity index (χ0) is 22.6. The number of carbonyl (C=O) groups excluding carboxylic acids is 1. The van der Waals surface area contributed by atoms with Crippen LogP contribution in [0.2, 0.25) is 0 Å². The Bertz CT molecular complexity index is 1260. The van der Waals surface area contributed by atoms with E-state index < -0.39 is 5.25 Å². The zero-order valence-electron chi connectivity index (χ0n) is 17.8. The van der Waals surface area contributed by atoms with E-state index in [1.165, 1.54) is 11.8 Å². The minimum atomic E-state index is -0.403. The van der Waals surface area contributed by atoms with Gasteiger partial charge < -0.3 is 14.8 Å². The highest BCUT2D eigenvalue weighted by Gasteiger charge is 2.22. The highest BCUT2D eigenvalue weighted by Crippen LogP contribution is 2.34. The van der Waals surface area contributed by atoms with Gasteiger partial charge in [-0.1, -0.05) is 42.1 Å². The molecule has 0 bridgehead atoms. The molecule has 1 aliphatic heterocycles. The van der Waals surface area contributed by atoms with Gasteiger partial charge in [-0.2, -0.15) is 0 Å². The number of nitrogens with one attached hydrogen (secondary N) is 1. The second kappa shape index (κ2) is 9.33. The third kappa shape index (κ3) is 4.68. The van der Waals surface area contributed by atoms with Gasteiger partial charge >= 0.3 is 0 Å². The number of rotatable bonds is 7. The lowest BCUT2D eigenvalue weighted by Gasteiger charge is -2.14. The molecule has 0 saturated carbocycles. The van der Waals surface area contributed by atoms with Crippen LogP contribution in [0.15, 0.2) is 78.2 Å². The van der Waals surface area contributed by atoms with Gasteiger partial charge in [-0.25, -0.2) is 0 Å². The maximum atomic E-state index is 12.9. The maximum Gasteiger partial charge on any atom is 0.237 e. The fourth-order valence-electron chi connectivity index (χ4n) is 3.43. The van der Waals surface area contributed by atoms with Gasteiger partial charge in [0.15, 0.2) is 22.5 Å². The molecule has 0 radical (unpaired) electrons. The summed E-state index contributed by atoms with van der Waals surface area (Å²) in [7, 11) is 0. The monoisotopic (exact) mass is 459 g/mol. The molecular formula is C24H21N5O3S. The summed E-state index contributed by atoms with van der Waals surface area (Å²) in [5.74, 6) is 1.89. The molecule has 4 aromatic rings. The van der Waals surface area contributed by atoms with Crippen LogP contribution in [0.5, 0.6) is 11.5 Å². The van der Waals surface area contributed by atoms with Gasteiger partial charge in [-0.3, -0.25) is 14.3 Å². The number of amides is 1. The molecule has 2 aromatic carbocycles. The summed E-state index contributed by atoms with van der Waals surface area (Å²) in [6, 6.07) is 19.2. The molecule has 1 unspecified atom stereocenters. The molecule has 1 amide bonds. The smallest absolute Gasteiger partial charge is 0.237 e. The average molecular weight is 460 g/mol. The molecule has 0 saturated heterocycles. The van der Waals surface area contributed by atoms with Gasteiger partial charge in [0.1, 0.15) is 0 Å². The number of pyridine rings is 1. The molecule has 1 atom stereocenters. The van der Waals surface area contributed by atoms with Crippen molar-refractivity contribution in [1.82, 2.24) is 19.7 Å². The molecule has 1 aliphatic rings. The predicted molar refractivity (Wildman–Crippen MR) is 125 cm³/mol. The first kappa shape index (κ1) is 21.0. The van der Waals surface area contributed by atoms with Crippen LogP contribution in [0.1, 0.15) is 12.5 Å². The van der Waals surface area contributed by atoms with Gasteiger partial charge in [0.25, 0.3) is 0 Å². The van der Waals surface area contributed by atoms with Gasteiger partial charge in [0.05, 0.1) is 11.8 Å². The summed E-state index contributed by atoms with van der Waals surface area (Å²) in [6.45, 7) is 2.63. The van der Waals surface area contributed by atoms with E-state index in [0.717, 1.165) is 17.0 Å². The molecule has 33 heavy (non-hydrogen) atoms. The van der Waals surface area contributed by atoms with Crippen molar-refractivity contribution in [1.29, 1.82) is 0 Å². The van der Waals surface area contributed by atoms with Crippen LogP contribution in [0.4, 0.5) is 5.69 Å². The molecule has 2 aromatic heterocycles. The molecule has 9 heteroatoms. The van der Waals surface area contributed by atoms with Crippen LogP contribution in [-0.4, -0.2) is 37.7 Å². The zero-order valence-corrected chi connectivity index (χ0v) is 18.7. The van der Waals surface area contributed by atoms with Gasteiger partial charge in [-0.15, -0.1) is 10.2 Å². The van der Waals surface area contributed by atoms with E-state index in [4.69, 9.17) is 9.47 Å². The Kier molecular flexibility index (Phi) is 5.95. The average Bonchev–Trinajstić information content (AvgIpc) is 3.47. The minimum absolute atomic E-state index is 0.140. The first-order valence-electron chi connectivity index (χ1n) is 10.4. The van der Waals surface area contributed by atoms with Crippen molar-refractivity contribution in [3.8, 4) is 22.9 Å². The van der Waals surface area contributed by atoms with Crippen molar-refractivity contribution >= 4 is 23.4 Å². The Hall–Kier alpha value is -3.85. The number of fused-ring (bicyclic) bond motifs is 1. The Morgan fingerprint density at radius 2 is 1.85 bits per heavy atom. The molecular weight excluding hydrogens is 438 g/mol. The standard InChI is InChI=1S/C24H21N5O3S/c1-16(23(30)26-19-7-8-20-21(13-19)32-15-31-20)33-24-28-27-22(18-9-11-25-12-10-18)29(24)14-17-5-3-2-4-6-17/h2-13,16H,14-15H2,1H3,(H,26,30). The number of ether oxygens (including phenoxy) is 2. The summed E-state index contributed by atoms with van der Waals surface area (Å²) >= 11 is 1.36. The number of aromatic nitrogens is 4. The van der Waals surface area contributed by atoms with Crippen LogP contribution in [0.25, 0.3) is 11.4 Å². The maximum absolute atomic E-state index is 12.9. The number of carbonyl (C=O) groups is 1. The fourth-order valence-corrected chi connectivity index (χ4v) is 4.28. The van der Waals surface area contributed by atoms with Crippen LogP contribution in [0, 0.1) is 0 Å². The quantitative estimate of drug-likeness (QED) is 0.414. The van der Waals surface area contributed by atoms with Gasteiger partial charge in [0.2, 0.25) is 12.7 Å². The Balaban J connectivity index is 1.36. The lowest BCUT2D eigenvalue weighted by atomic mass is 10.2. The SMILES string of the molecule is CC(Sc1nnc(-c2ccncc2)n1Cc1ccccc1)C(=O)Nc1ccc2c(c1)OCO2. The van der Waals surface area contributed by atoms with Crippen molar-refractivity contribution in [2.45, 2.75) is 23.9 Å². The van der Waals surface area contributed by atoms with Gasteiger partial charge in [0, 0.05) is 29.7 Å². The van der Waals surface area contributed by atoms with Crippen molar-refractivity contribution in [2.75, 3.05) is 12.1 Å². The molecule has 0 aliphatic carbocycles. The number of nitrogens with zero attached hydrogens (tertiary/aromatic N) is 4. The summed E-state index contributed by atoms with van der Waals surface area (Å²) in [4.78, 5) is 17.0. The number of thioether (sulfide) groups is 1. The molecule has 166 valence electrons. The first-order valence-corrected chi connectivity index (χ1v) is 11.3. The normalized spacial score (nSPS) is 13.0. The Morgan fingerprint density at radius 1 is 1.06 bits per heavy atom. The molecule has 0 fully saturated rings. The third-order valence-corrected chi connectivity index (χ3v) is 6.21. The highest BCUT2D eigenvalue weighted by atomic mass is 32.2. The molecule has 1 N–H and O–H groups in total. The molecule has 0 spiro atoms. The van der Waals surface area contributed by atoms with Crippen LogP contribution in [-0.2, 0) is 11.3 Å². The van der Waals surface area contributed by atoms with Crippen molar-refractivity contribution in [3.63, 3.8) is 0 Å². The van der Waals surface area contributed by atoms with E-state index in [0.29, 0.717) is 28.9 Å². The van der Waals surface area contributed by atoms with Crippen molar-refractivity contribution in [3.05, 3.63) is 78.6 Å². The Morgan fingerprint density at radius 3 is 2.67 bits per heavy atom. The molecule has 8 nitrogen and oxygen atoms in total. The first-order chi connectivity index (χ1) is 16.2. The fraction of sp³-hybridized carbons (Fsp3) is 0.167. The predicted octanol–water partition coefficient (Wildman–Crippen LogP) is 4.24. The van der Waals surface area contributed by atoms with Crippen LogP contribution in [0.3, 0.4) is 0 Å². The van der Waals surface area contributed by atoms with Gasteiger partial charge in [-0.05, 0) is 36.8 Å². The lowest BCUT2D eigenvalue weighted by Crippen LogP contribution is -2.23. The number of benzene rings is 2. The third-order valence-electron chi connectivity index (χ3n) is 5.13. The summed E-state index contributed by atoms with van der Waals surface area (Å²) in [5.41, 5.74) is 2.68. The van der Waals surface area contributed by atoms with Crippen LogP contribution < -0.4 is 14.8 Å². The van der Waals surface area contributed by atoms with E-state index in [9.17, 15) is 4.79 Å². The second-order valence-corrected chi connectivity index (χ2v) is 8.74. The molecule has 3 heterocycles. The van der Waals surface area contributed by atoms with Crippen molar-refractivity contribution < 1.29 is 14.3 Å². The molecule has 5 rings (SSSR count). The number of anilines is 1. The largest absolute Gasteiger partial charge is 0.454 e. The summed E-state index contributed by atoms with van der Waals surface area (Å²) in [6.07, 6.45) is 3.45. The Labute approximate surface area is 195 Å². The van der Waals surface area contributed by atoms with E-state index >= 15 is 0 Å². The minimum Gasteiger partial charge on any atom is -0.454 e. The van der Waals surface area contributed by atoms with E-state index in [2.05, 4.69) is 32.6 Å². The van der Waals surface area contributed by atoms with Crippen LogP contribution >= 0.6 is 11.8 Å². The summed E-state index contributed by atoms with van der Waals surface area (Å²) < 4.78 is 12.7. The lowest BCUT2D eigenvalue weighted by molar-refractivity contribution is -0.115. The summed E-state index contributed by atoms with van der Waals surface area (Å²) in [5, 5.41) is 12.0. The highest BCUT2D eigenvalue weighted by molar-refractivity contribution is 8.00. The van der Waals surface area contributed by atoms with E-state index in [1.54, 1.807) is 30.6 Å².